The van der Waals surface area contributed by atoms with Gasteiger partial charge in [-0.3, -0.25) is 0 Å². The molecule has 0 fully saturated rings. The molecular formula is C12H18ClN3S. The quantitative estimate of drug-likeness (QED) is 0.807. The fourth-order valence-electron chi connectivity index (χ4n) is 1.32. The molecule has 0 aliphatic heterocycles. The Labute approximate surface area is 113 Å². The lowest BCUT2D eigenvalue weighted by Gasteiger charge is -2.21. The number of anilines is 1. The Balaban J connectivity index is 2.82. The maximum atomic E-state index is 5.96. The van der Waals surface area contributed by atoms with E-state index in [0.717, 1.165) is 17.8 Å². The van der Waals surface area contributed by atoms with E-state index in [1.54, 1.807) is 6.07 Å². The molecule has 17 heavy (non-hydrogen) atoms. The molecule has 0 radical (unpaired) electrons. The molecule has 5 heteroatoms. The van der Waals surface area contributed by atoms with Crippen LogP contribution in [0.2, 0.25) is 5.02 Å². The molecule has 0 aliphatic rings. The molecule has 0 aliphatic carbocycles. The first-order chi connectivity index (χ1) is 7.91. The third-order valence-corrected chi connectivity index (χ3v) is 3.17. The number of nitrogens with one attached hydrogen (secondary N) is 1. The second-order valence-electron chi connectivity index (χ2n) is 4.25. The van der Waals surface area contributed by atoms with Gasteiger partial charge < -0.3 is 16.0 Å². The van der Waals surface area contributed by atoms with Gasteiger partial charge >= 0.3 is 0 Å². The van der Waals surface area contributed by atoms with Crippen molar-refractivity contribution in [1.29, 1.82) is 0 Å². The van der Waals surface area contributed by atoms with Crippen LogP contribution in [0.3, 0.4) is 0 Å². The average molecular weight is 272 g/mol. The largest absolute Gasteiger partial charge is 0.389 e. The summed E-state index contributed by atoms with van der Waals surface area (Å²) < 4.78 is 0. The summed E-state index contributed by atoms with van der Waals surface area (Å²) in [5.74, 6) is 0. The molecule has 0 spiro atoms. The normalized spacial score (nSPS) is 12.5. The first-order valence-electron chi connectivity index (χ1n) is 5.41. The molecule has 1 aromatic carbocycles. The predicted octanol–water partition coefficient (Wildman–Crippen LogP) is 2.34. The minimum atomic E-state index is 0.377. The molecule has 0 saturated carbocycles. The Morgan fingerprint density at radius 1 is 1.53 bits per heavy atom. The van der Waals surface area contributed by atoms with Gasteiger partial charge in [-0.1, -0.05) is 23.8 Å². The SMILES string of the molecule is CC(CNc1cc(Cl)ccc1C(N)=S)N(C)C. The summed E-state index contributed by atoms with van der Waals surface area (Å²) in [4.78, 5) is 2.51. The van der Waals surface area contributed by atoms with Crippen molar-refractivity contribution < 1.29 is 0 Å². The van der Waals surface area contributed by atoms with Crippen molar-refractivity contribution in [2.45, 2.75) is 13.0 Å². The number of benzene rings is 1. The summed E-state index contributed by atoms with van der Waals surface area (Å²) in [5.41, 5.74) is 7.39. The summed E-state index contributed by atoms with van der Waals surface area (Å²) in [5, 5.41) is 3.99. The van der Waals surface area contributed by atoms with E-state index in [9.17, 15) is 0 Å². The molecule has 0 bridgehead atoms. The second kappa shape index (κ2) is 6.19. The Kier molecular flexibility index (Phi) is 5.18. The van der Waals surface area contributed by atoms with Gasteiger partial charge in [0.1, 0.15) is 4.99 Å². The van der Waals surface area contributed by atoms with Gasteiger partial charge in [-0.05, 0) is 39.2 Å². The number of nitrogens with zero attached hydrogens (tertiary/aromatic N) is 1. The molecule has 0 saturated heterocycles. The van der Waals surface area contributed by atoms with Crippen molar-refractivity contribution in [3.8, 4) is 0 Å². The van der Waals surface area contributed by atoms with E-state index in [1.165, 1.54) is 0 Å². The van der Waals surface area contributed by atoms with Gasteiger partial charge in [-0.2, -0.15) is 0 Å². The minimum absolute atomic E-state index is 0.377. The molecular weight excluding hydrogens is 254 g/mol. The lowest BCUT2D eigenvalue weighted by molar-refractivity contribution is 0.326. The highest BCUT2D eigenvalue weighted by atomic mass is 35.5. The average Bonchev–Trinajstić information content (AvgIpc) is 2.25. The molecule has 3 N–H and O–H groups in total. The predicted molar refractivity (Wildman–Crippen MR) is 79.0 cm³/mol. The van der Waals surface area contributed by atoms with Crippen molar-refractivity contribution in [2.75, 3.05) is 26.0 Å². The zero-order valence-electron chi connectivity index (χ0n) is 10.3. The van der Waals surface area contributed by atoms with E-state index < -0.39 is 0 Å². The highest BCUT2D eigenvalue weighted by Gasteiger charge is 2.08. The van der Waals surface area contributed by atoms with Gasteiger partial charge in [0.15, 0.2) is 0 Å². The van der Waals surface area contributed by atoms with Gasteiger partial charge in [-0.15, -0.1) is 0 Å². The third kappa shape index (κ3) is 4.15. The van der Waals surface area contributed by atoms with Crippen molar-refractivity contribution >= 4 is 34.5 Å². The molecule has 0 amide bonds. The number of nitrogens with two attached hydrogens (primary N) is 1. The number of hydrogen-bond donors (Lipinski definition) is 2. The monoisotopic (exact) mass is 271 g/mol. The smallest absolute Gasteiger partial charge is 0.106 e. The molecule has 3 nitrogen and oxygen atoms in total. The van der Waals surface area contributed by atoms with Crippen molar-refractivity contribution in [1.82, 2.24) is 4.90 Å². The Morgan fingerprint density at radius 2 is 2.18 bits per heavy atom. The first-order valence-corrected chi connectivity index (χ1v) is 6.20. The van der Waals surface area contributed by atoms with Crippen LogP contribution in [-0.2, 0) is 0 Å². The van der Waals surface area contributed by atoms with Crippen LogP contribution in [0.15, 0.2) is 18.2 Å². The summed E-state index contributed by atoms with van der Waals surface area (Å²) in [6, 6.07) is 5.88. The highest BCUT2D eigenvalue weighted by molar-refractivity contribution is 7.80. The van der Waals surface area contributed by atoms with Gasteiger partial charge in [-0.25, -0.2) is 0 Å². The molecule has 1 unspecified atom stereocenters. The van der Waals surface area contributed by atoms with Crippen LogP contribution in [0, 0.1) is 0 Å². The van der Waals surface area contributed by atoms with Crippen LogP contribution >= 0.6 is 23.8 Å². The van der Waals surface area contributed by atoms with Crippen LogP contribution in [-0.4, -0.2) is 36.6 Å². The van der Waals surface area contributed by atoms with Gasteiger partial charge in [0.25, 0.3) is 0 Å². The standard InChI is InChI=1S/C12H18ClN3S/c1-8(16(2)3)7-15-11-6-9(13)4-5-10(11)12(14)17/h4-6,8,15H,7H2,1-3H3,(H2,14,17). The molecule has 1 atom stereocenters. The van der Waals surface area contributed by atoms with Gasteiger partial charge in [0, 0.05) is 28.9 Å². The second-order valence-corrected chi connectivity index (χ2v) is 5.12. The highest BCUT2D eigenvalue weighted by Crippen LogP contribution is 2.21. The zero-order chi connectivity index (χ0) is 13.0. The van der Waals surface area contributed by atoms with E-state index in [1.807, 2.05) is 26.2 Å². The Morgan fingerprint density at radius 3 is 2.71 bits per heavy atom. The lowest BCUT2D eigenvalue weighted by Crippen LogP contribution is -2.32. The van der Waals surface area contributed by atoms with E-state index in [4.69, 9.17) is 29.6 Å². The lowest BCUT2D eigenvalue weighted by atomic mass is 10.1. The molecule has 94 valence electrons. The van der Waals surface area contributed by atoms with E-state index in [-0.39, 0.29) is 0 Å². The first kappa shape index (κ1) is 14.2. The summed E-state index contributed by atoms with van der Waals surface area (Å²) in [6.45, 7) is 2.95. The van der Waals surface area contributed by atoms with Crippen LogP contribution in [0.1, 0.15) is 12.5 Å². The molecule has 0 heterocycles. The maximum Gasteiger partial charge on any atom is 0.106 e. The minimum Gasteiger partial charge on any atom is -0.389 e. The topological polar surface area (TPSA) is 41.3 Å². The van der Waals surface area contributed by atoms with Crippen LogP contribution in [0.5, 0.6) is 0 Å². The molecule has 1 rings (SSSR count). The summed E-state index contributed by atoms with van der Waals surface area (Å²) in [6.07, 6.45) is 0. The Hall–Kier alpha value is -0.840. The summed E-state index contributed by atoms with van der Waals surface area (Å²) >= 11 is 11.0. The number of rotatable bonds is 5. The van der Waals surface area contributed by atoms with Crippen molar-refractivity contribution in [3.05, 3.63) is 28.8 Å². The van der Waals surface area contributed by atoms with E-state index >= 15 is 0 Å². The fraction of sp³-hybridized carbons (Fsp3) is 0.417. The number of hydrogen-bond acceptors (Lipinski definition) is 3. The van der Waals surface area contributed by atoms with Crippen LogP contribution in [0.25, 0.3) is 0 Å². The number of likely N-dealkylation sites (N-methyl/N-ethyl adjacent to an activating group) is 1. The van der Waals surface area contributed by atoms with Gasteiger partial charge in [0.2, 0.25) is 0 Å². The van der Waals surface area contributed by atoms with Crippen molar-refractivity contribution in [3.63, 3.8) is 0 Å². The zero-order valence-corrected chi connectivity index (χ0v) is 11.9. The Bertz CT molecular complexity index is 407. The molecule has 0 aromatic heterocycles. The third-order valence-electron chi connectivity index (χ3n) is 2.72. The van der Waals surface area contributed by atoms with Crippen LogP contribution in [0.4, 0.5) is 5.69 Å². The van der Waals surface area contributed by atoms with Crippen LogP contribution < -0.4 is 11.1 Å². The maximum absolute atomic E-state index is 5.96. The van der Waals surface area contributed by atoms with Gasteiger partial charge in [0.05, 0.1) is 0 Å². The molecule has 1 aromatic rings. The number of halogens is 1. The van der Waals surface area contributed by atoms with Crippen molar-refractivity contribution in [2.24, 2.45) is 5.73 Å². The summed E-state index contributed by atoms with van der Waals surface area (Å²) in [7, 11) is 4.08. The van der Waals surface area contributed by atoms with E-state index in [0.29, 0.717) is 16.1 Å². The number of thiocarbonyl (C=S) groups is 1. The fourth-order valence-corrected chi connectivity index (χ4v) is 1.67. The van der Waals surface area contributed by atoms with E-state index in [2.05, 4.69) is 17.1 Å².